The van der Waals surface area contributed by atoms with E-state index in [-0.39, 0.29) is 11.9 Å². The van der Waals surface area contributed by atoms with Crippen molar-refractivity contribution in [1.29, 1.82) is 0 Å². The smallest absolute Gasteiger partial charge is 0.239 e. The summed E-state index contributed by atoms with van der Waals surface area (Å²) in [6.45, 7) is 2.61. The molecule has 1 heterocycles. The Morgan fingerprint density at radius 2 is 2.00 bits per heavy atom. The Bertz CT molecular complexity index is 669. The van der Waals surface area contributed by atoms with Crippen LogP contribution in [0.1, 0.15) is 11.8 Å². The van der Waals surface area contributed by atoms with Crippen LogP contribution in [0.2, 0.25) is 0 Å². The number of hydrogen-bond acceptors (Lipinski definition) is 5. The third-order valence-corrected chi connectivity index (χ3v) is 4.77. The van der Waals surface area contributed by atoms with Crippen molar-refractivity contribution in [3.05, 3.63) is 35.3 Å². The Labute approximate surface area is 141 Å². The summed E-state index contributed by atoms with van der Waals surface area (Å²) in [6.07, 6.45) is 1.87. The number of likely N-dealkylation sites (N-methyl/N-ethyl adjacent to an activating group) is 2. The van der Waals surface area contributed by atoms with Crippen molar-refractivity contribution in [3.8, 4) is 16.3 Å². The molecule has 0 saturated heterocycles. The SMILES string of the molecule is COc1ccccc1-c1ncc(CN(C)[C@H](C)C(=O)N(C)C)s1. The first-order valence-electron chi connectivity index (χ1n) is 7.43. The quantitative estimate of drug-likeness (QED) is 0.815. The van der Waals surface area contributed by atoms with Crippen molar-refractivity contribution in [2.45, 2.75) is 19.5 Å². The number of nitrogens with zero attached hydrogens (tertiary/aromatic N) is 3. The molecule has 0 radical (unpaired) electrons. The Morgan fingerprint density at radius 1 is 1.30 bits per heavy atom. The molecule has 1 atom stereocenters. The normalized spacial score (nSPS) is 12.3. The van der Waals surface area contributed by atoms with E-state index in [1.807, 2.05) is 49.3 Å². The molecule has 1 amide bonds. The monoisotopic (exact) mass is 333 g/mol. The highest BCUT2D eigenvalue weighted by atomic mass is 32.1. The van der Waals surface area contributed by atoms with Crippen molar-refractivity contribution in [2.24, 2.45) is 0 Å². The van der Waals surface area contributed by atoms with Gasteiger partial charge in [0.25, 0.3) is 0 Å². The fourth-order valence-electron chi connectivity index (χ4n) is 2.27. The van der Waals surface area contributed by atoms with Gasteiger partial charge in [-0.05, 0) is 26.1 Å². The molecule has 0 N–H and O–H groups in total. The molecule has 0 aliphatic heterocycles. The summed E-state index contributed by atoms with van der Waals surface area (Å²) in [5, 5.41) is 0.928. The van der Waals surface area contributed by atoms with Gasteiger partial charge in [0.05, 0.1) is 18.7 Å². The highest BCUT2D eigenvalue weighted by molar-refractivity contribution is 7.15. The van der Waals surface area contributed by atoms with E-state index in [9.17, 15) is 4.79 Å². The van der Waals surface area contributed by atoms with Crippen molar-refractivity contribution in [3.63, 3.8) is 0 Å². The van der Waals surface area contributed by atoms with Crippen LogP contribution in [0.25, 0.3) is 10.6 Å². The van der Waals surface area contributed by atoms with E-state index in [2.05, 4.69) is 4.98 Å². The maximum absolute atomic E-state index is 12.0. The topological polar surface area (TPSA) is 45.7 Å². The van der Waals surface area contributed by atoms with E-state index < -0.39 is 0 Å². The third kappa shape index (κ3) is 4.09. The number of para-hydroxylation sites is 1. The average molecular weight is 333 g/mol. The molecule has 1 aromatic carbocycles. The summed E-state index contributed by atoms with van der Waals surface area (Å²) in [6, 6.07) is 7.69. The highest BCUT2D eigenvalue weighted by Crippen LogP contribution is 2.33. The van der Waals surface area contributed by atoms with Crippen LogP contribution >= 0.6 is 11.3 Å². The Balaban J connectivity index is 2.12. The predicted molar refractivity (Wildman–Crippen MR) is 93.7 cm³/mol. The first-order valence-corrected chi connectivity index (χ1v) is 8.25. The van der Waals surface area contributed by atoms with Crippen LogP contribution in [0.5, 0.6) is 5.75 Å². The Hall–Kier alpha value is -1.92. The zero-order valence-electron chi connectivity index (χ0n) is 14.2. The minimum Gasteiger partial charge on any atom is -0.496 e. The van der Waals surface area contributed by atoms with Crippen molar-refractivity contribution >= 4 is 17.2 Å². The van der Waals surface area contributed by atoms with Crippen LogP contribution in [0.3, 0.4) is 0 Å². The lowest BCUT2D eigenvalue weighted by Gasteiger charge is -2.25. The van der Waals surface area contributed by atoms with Gasteiger partial charge in [-0.3, -0.25) is 9.69 Å². The highest BCUT2D eigenvalue weighted by Gasteiger charge is 2.20. The maximum Gasteiger partial charge on any atom is 0.239 e. The number of hydrogen-bond donors (Lipinski definition) is 0. The van der Waals surface area contributed by atoms with E-state index >= 15 is 0 Å². The summed E-state index contributed by atoms with van der Waals surface area (Å²) >= 11 is 1.62. The van der Waals surface area contributed by atoms with Gasteiger partial charge in [-0.2, -0.15) is 0 Å². The number of carbonyl (C=O) groups is 1. The second-order valence-electron chi connectivity index (χ2n) is 5.66. The number of aromatic nitrogens is 1. The predicted octanol–water partition coefficient (Wildman–Crippen LogP) is 2.73. The number of methoxy groups -OCH3 is 1. The number of carbonyl (C=O) groups excluding carboxylic acids is 1. The van der Waals surface area contributed by atoms with Gasteiger partial charge in [0.1, 0.15) is 10.8 Å². The minimum atomic E-state index is -0.165. The molecule has 124 valence electrons. The molecule has 5 nitrogen and oxygen atoms in total. The van der Waals surface area contributed by atoms with Crippen molar-refractivity contribution in [2.75, 3.05) is 28.3 Å². The average Bonchev–Trinajstić information content (AvgIpc) is 3.01. The zero-order chi connectivity index (χ0) is 17.0. The molecule has 0 saturated carbocycles. The number of thiazole rings is 1. The fourth-order valence-corrected chi connectivity index (χ4v) is 3.28. The summed E-state index contributed by atoms with van der Waals surface area (Å²) in [5.74, 6) is 0.917. The largest absolute Gasteiger partial charge is 0.496 e. The Kier molecular flexibility index (Phi) is 5.74. The molecule has 0 fully saturated rings. The van der Waals surface area contributed by atoms with E-state index in [0.29, 0.717) is 6.54 Å². The second kappa shape index (κ2) is 7.57. The van der Waals surface area contributed by atoms with Gasteiger partial charge in [-0.1, -0.05) is 12.1 Å². The van der Waals surface area contributed by atoms with E-state index in [1.54, 1.807) is 37.4 Å². The lowest BCUT2D eigenvalue weighted by Crippen LogP contribution is -2.42. The van der Waals surface area contributed by atoms with Crippen LogP contribution in [0.4, 0.5) is 0 Å². The first-order chi connectivity index (χ1) is 10.9. The summed E-state index contributed by atoms with van der Waals surface area (Å²) in [7, 11) is 7.17. The molecule has 0 unspecified atom stereocenters. The summed E-state index contributed by atoms with van der Waals surface area (Å²) < 4.78 is 5.39. The zero-order valence-corrected chi connectivity index (χ0v) is 15.1. The van der Waals surface area contributed by atoms with Gasteiger partial charge >= 0.3 is 0 Å². The van der Waals surface area contributed by atoms with Gasteiger partial charge < -0.3 is 9.64 Å². The third-order valence-electron chi connectivity index (χ3n) is 3.76. The molecule has 2 aromatic rings. The first kappa shape index (κ1) is 17.4. The molecule has 6 heteroatoms. The van der Waals surface area contributed by atoms with E-state index in [4.69, 9.17) is 4.74 Å². The molecule has 0 aliphatic carbocycles. The van der Waals surface area contributed by atoms with E-state index in [1.165, 1.54) is 0 Å². The Morgan fingerprint density at radius 3 is 2.65 bits per heavy atom. The summed E-state index contributed by atoms with van der Waals surface area (Å²) in [5.41, 5.74) is 0.992. The van der Waals surface area contributed by atoms with Crippen LogP contribution in [0, 0.1) is 0 Å². The molecular formula is C17H23N3O2S. The lowest BCUT2D eigenvalue weighted by atomic mass is 10.2. The van der Waals surface area contributed by atoms with Gasteiger partial charge in [0, 0.05) is 31.7 Å². The second-order valence-corrected chi connectivity index (χ2v) is 6.77. The van der Waals surface area contributed by atoms with Gasteiger partial charge in [0.15, 0.2) is 0 Å². The van der Waals surface area contributed by atoms with Crippen molar-refractivity contribution < 1.29 is 9.53 Å². The molecule has 0 bridgehead atoms. The lowest BCUT2D eigenvalue weighted by molar-refractivity contribution is -0.133. The van der Waals surface area contributed by atoms with Crippen molar-refractivity contribution in [1.82, 2.24) is 14.8 Å². The van der Waals surface area contributed by atoms with Crippen LogP contribution in [0.15, 0.2) is 30.5 Å². The molecule has 0 spiro atoms. The van der Waals surface area contributed by atoms with Gasteiger partial charge in [-0.25, -0.2) is 4.98 Å². The fraction of sp³-hybridized carbons (Fsp3) is 0.412. The number of rotatable bonds is 6. The molecule has 2 rings (SSSR count). The minimum absolute atomic E-state index is 0.0990. The van der Waals surface area contributed by atoms with Gasteiger partial charge in [-0.15, -0.1) is 11.3 Å². The standard InChI is InChI=1S/C17H23N3O2S/c1-12(17(21)19(2)3)20(4)11-13-10-18-16(23-13)14-8-6-7-9-15(14)22-5/h6-10,12H,11H2,1-5H3/t12-/m1/s1. The molecular weight excluding hydrogens is 310 g/mol. The molecule has 23 heavy (non-hydrogen) atoms. The molecule has 1 aromatic heterocycles. The molecule has 0 aliphatic rings. The number of ether oxygens (including phenoxy) is 1. The van der Waals surface area contributed by atoms with E-state index in [0.717, 1.165) is 21.2 Å². The van der Waals surface area contributed by atoms with Gasteiger partial charge in [0.2, 0.25) is 5.91 Å². The summed E-state index contributed by atoms with van der Waals surface area (Å²) in [4.78, 5) is 21.3. The number of benzene rings is 1. The van der Waals surface area contributed by atoms with Crippen LogP contribution < -0.4 is 4.74 Å². The van der Waals surface area contributed by atoms with Crippen LogP contribution in [-0.4, -0.2) is 55.0 Å². The van der Waals surface area contributed by atoms with Crippen LogP contribution in [-0.2, 0) is 11.3 Å². The number of amides is 1. The maximum atomic E-state index is 12.0.